The van der Waals surface area contributed by atoms with Crippen LogP contribution < -0.4 is 10.5 Å². The highest BCUT2D eigenvalue weighted by molar-refractivity contribution is 8.26. The summed E-state index contributed by atoms with van der Waals surface area (Å²) >= 11 is 6.56. The average molecular weight is 459 g/mol. The molecule has 3 rings (SSSR count). The second-order valence-electron chi connectivity index (χ2n) is 8.75. The van der Waals surface area contributed by atoms with Crippen molar-refractivity contribution in [3.05, 3.63) is 31.9 Å². The molecule has 0 aromatic carbocycles. The van der Waals surface area contributed by atoms with E-state index in [1.54, 1.807) is 11.6 Å². The lowest BCUT2D eigenvalue weighted by molar-refractivity contribution is -0.121. The Labute approximate surface area is 193 Å². The number of pyridine rings is 1. The van der Waals surface area contributed by atoms with Gasteiger partial charge in [-0.05, 0) is 43.2 Å². The van der Waals surface area contributed by atoms with E-state index in [2.05, 4.69) is 31.7 Å². The number of anilines is 1. The number of aromatic nitrogens is 1. The first-order chi connectivity index (χ1) is 14.7. The number of nitriles is 1. The Morgan fingerprint density at radius 2 is 1.90 bits per heavy atom. The normalized spacial score (nSPS) is 23.0. The number of likely N-dealkylation sites (N-methyl/N-ethyl adjacent to an activating group) is 1. The van der Waals surface area contributed by atoms with Gasteiger partial charge in [-0.25, -0.2) is 0 Å². The van der Waals surface area contributed by atoms with E-state index in [1.165, 1.54) is 16.7 Å². The first-order valence-electron chi connectivity index (χ1n) is 10.8. The van der Waals surface area contributed by atoms with Gasteiger partial charge in [-0.15, -0.1) is 0 Å². The van der Waals surface area contributed by atoms with Crippen LogP contribution >= 0.6 is 24.0 Å². The second kappa shape index (κ2) is 9.58. The molecular formula is C23H30N4O2S2. The highest BCUT2D eigenvalue weighted by Gasteiger charge is 2.32. The Hall–Kier alpha value is -2.11. The van der Waals surface area contributed by atoms with Crippen molar-refractivity contribution in [3.63, 3.8) is 0 Å². The summed E-state index contributed by atoms with van der Waals surface area (Å²) in [6.07, 6.45) is 4.77. The number of unbranched alkanes of at least 4 members (excludes halogenated alkanes) is 1. The molecule has 0 spiro atoms. The lowest BCUT2D eigenvalue weighted by atomic mass is 9.91. The van der Waals surface area contributed by atoms with Crippen LogP contribution in [-0.2, 0) is 11.3 Å². The molecule has 2 unspecified atom stereocenters. The smallest absolute Gasteiger partial charge is 0.270 e. The van der Waals surface area contributed by atoms with E-state index < -0.39 is 0 Å². The quantitative estimate of drug-likeness (QED) is 0.488. The summed E-state index contributed by atoms with van der Waals surface area (Å²) in [6.45, 7) is 10.6. The van der Waals surface area contributed by atoms with Crippen molar-refractivity contribution in [1.29, 1.82) is 5.26 Å². The summed E-state index contributed by atoms with van der Waals surface area (Å²) in [4.78, 5) is 30.3. The maximum atomic E-state index is 13.3. The molecule has 166 valence electrons. The van der Waals surface area contributed by atoms with Gasteiger partial charge in [0, 0.05) is 32.2 Å². The summed E-state index contributed by atoms with van der Waals surface area (Å²) in [6, 6.07) is 2.11. The van der Waals surface area contributed by atoms with Crippen molar-refractivity contribution < 1.29 is 4.79 Å². The van der Waals surface area contributed by atoms with E-state index >= 15 is 0 Å². The number of piperidine rings is 1. The van der Waals surface area contributed by atoms with E-state index in [1.807, 2.05) is 13.0 Å². The number of thioether (sulfide) groups is 1. The summed E-state index contributed by atoms with van der Waals surface area (Å²) < 4.78 is 2.27. The molecule has 0 bridgehead atoms. The molecule has 1 amide bonds. The van der Waals surface area contributed by atoms with Gasteiger partial charge in [-0.1, -0.05) is 51.2 Å². The van der Waals surface area contributed by atoms with Gasteiger partial charge < -0.3 is 4.90 Å². The molecule has 0 saturated carbocycles. The summed E-state index contributed by atoms with van der Waals surface area (Å²) in [5.41, 5.74) is 1.32. The molecule has 1 aromatic rings. The zero-order chi connectivity index (χ0) is 22.9. The van der Waals surface area contributed by atoms with Crippen LogP contribution in [0.4, 0.5) is 5.82 Å². The van der Waals surface area contributed by atoms with Crippen LogP contribution in [0.3, 0.4) is 0 Å². The zero-order valence-corrected chi connectivity index (χ0v) is 20.5. The Morgan fingerprint density at radius 3 is 2.42 bits per heavy atom. The molecule has 2 atom stereocenters. The zero-order valence-electron chi connectivity index (χ0n) is 18.9. The molecule has 0 radical (unpaired) electrons. The van der Waals surface area contributed by atoms with E-state index in [-0.39, 0.29) is 17.0 Å². The Kier molecular flexibility index (Phi) is 7.28. The summed E-state index contributed by atoms with van der Waals surface area (Å²) in [7, 11) is 1.67. The second-order valence-corrected chi connectivity index (χ2v) is 10.4. The third-order valence-electron chi connectivity index (χ3n) is 6.01. The fourth-order valence-electron chi connectivity index (χ4n) is 4.52. The van der Waals surface area contributed by atoms with Crippen LogP contribution in [0, 0.1) is 30.1 Å². The number of carbonyl (C=O) groups is 1. The minimum Gasteiger partial charge on any atom is -0.357 e. The maximum absolute atomic E-state index is 13.3. The van der Waals surface area contributed by atoms with Crippen molar-refractivity contribution in [2.75, 3.05) is 25.0 Å². The molecule has 3 heterocycles. The molecule has 2 fully saturated rings. The lowest BCUT2D eigenvalue weighted by Crippen LogP contribution is -2.43. The summed E-state index contributed by atoms with van der Waals surface area (Å²) in [5.74, 6) is 1.67. The Morgan fingerprint density at radius 1 is 1.26 bits per heavy atom. The van der Waals surface area contributed by atoms with E-state index in [0.717, 1.165) is 43.7 Å². The number of carbonyl (C=O) groups excluding carboxylic acids is 1. The standard InChI is InChI=1S/C23H30N4O2S2/c1-6-7-8-27-20(26-12-14(2)9-15(3)13-26)17(16(4)18(11-24)21(27)28)10-19-22(29)25(5)23(30)31-19/h10,14-15H,6-9,12-13H2,1-5H3/b19-10+. The highest BCUT2D eigenvalue weighted by Crippen LogP contribution is 2.36. The molecule has 1 aromatic heterocycles. The minimum absolute atomic E-state index is 0.148. The molecule has 6 nitrogen and oxygen atoms in total. The number of hydrogen-bond donors (Lipinski definition) is 0. The number of rotatable bonds is 5. The molecule has 0 aliphatic carbocycles. The van der Waals surface area contributed by atoms with Gasteiger partial charge in [0.05, 0.1) is 4.91 Å². The topological polar surface area (TPSA) is 69.3 Å². The van der Waals surface area contributed by atoms with Crippen molar-refractivity contribution in [1.82, 2.24) is 9.47 Å². The number of nitrogens with zero attached hydrogens (tertiary/aromatic N) is 4. The number of thiocarbonyl (C=S) groups is 1. The predicted octanol–water partition coefficient (Wildman–Crippen LogP) is 4.14. The molecule has 2 aliphatic heterocycles. The van der Waals surface area contributed by atoms with Gasteiger partial charge in [0.15, 0.2) is 0 Å². The Balaban J connectivity index is 2.29. The Bertz CT molecular complexity index is 1030. The molecule has 2 aliphatic rings. The largest absolute Gasteiger partial charge is 0.357 e. The fourth-order valence-corrected chi connectivity index (χ4v) is 5.68. The van der Waals surface area contributed by atoms with Gasteiger partial charge >= 0.3 is 0 Å². The SMILES string of the molecule is CCCCn1c(N2CC(C)CC(C)C2)c(/C=C2/SC(=S)N(C)C2=O)c(C)c(C#N)c1=O. The third-order valence-corrected chi connectivity index (χ3v) is 7.50. The maximum Gasteiger partial charge on any atom is 0.270 e. The molecule has 31 heavy (non-hydrogen) atoms. The molecule has 8 heteroatoms. The van der Waals surface area contributed by atoms with Gasteiger partial charge in [0.2, 0.25) is 0 Å². The summed E-state index contributed by atoms with van der Waals surface area (Å²) in [5, 5.41) is 9.76. The first-order valence-corrected chi connectivity index (χ1v) is 12.1. The van der Waals surface area contributed by atoms with Gasteiger partial charge in [0.25, 0.3) is 11.5 Å². The van der Waals surface area contributed by atoms with Crippen LogP contribution in [0.2, 0.25) is 0 Å². The van der Waals surface area contributed by atoms with E-state index in [0.29, 0.717) is 33.2 Å². The van der Waals surface area contributed by atoms with Crippen LogP contribution in [0.15, 0.2) is 9.70 Å². The van der Waals surface area contributed by atoms with Crippen LogP contribution in [0.25, 0.3) is 6.08 Å². The first kappa shape index (κ1) is 23.6. The van der Waals surface area contributed by atoms with Crippen molar-refractivity contribution >= 4 is 46.1 Å². The van der Waals surface area contributed by atoms with Gasteiger partial charge in [0.1, 0.15) is 21.8 Å². The number of hydrogen-bond acceptors (Lipinski definition) is 6. The molecular weight excluding hydrogens is 428 g/mol. The number of amides is 1. The predicted molar refractivity (Wildman–Crippen MR) is 131 cm³/mol. The highest BCUT2D eigenvalue weighted by atomic mass is 32.2. The lowest BCUT2D eigenvalue weighted by Gasteiger charge is -2.39. The van der Waals surface area contributed by atoms with Crippen LogP contribution in [0.5, 0.6) is 0 Å². The van der Waals surface area contributed by atoms with E-state index in [9.17, 15) is 14.9 Å². The van der Waals surface area contributed by atoms with Crippen LogP contribution in [-0.4, -0.2) is 39.8 Å². The monoisotopic (exact) mass is 458 g/mol. The van der Waals surface area contributed by atoms with E-state index in [4.69, 9.17) is 12.2 Å². The minimum atomic E-state index is -0.241. The molecule has 2 saturated heterocycles. The van der Waals surface area contributed by atoms with Gasteiger partial charge in [-0.3, -0.25) is 19.1 Å². The van der Waals surface area contributed by atoms with Crippen molar-refractivity contribution in [2.24, 2.45) is 11.8 Å². The van der Waals surface area contributed by atoms with Gasteiger partial charge in [-0.2, -0.15) is 5.26 Å². The molecule has 0 N–H and O–H groups in total. The van der Waals surface area contributed by atoms with Crippen molar-refractivity contribution in [3.8, 4) is 6.07 Å². The van der Waals surface area contributed by atoms with Crippen molar-refractivity contribution in [2.45, 2.75) is 53.5 Å². The third kappa shape index (κ3) is 4.58. The van der Waals surface area contributed by atoms with Crippen LogP contribution in [0.1, 0.15) is 56.7 Å². The fraction of sp³-hybridized carbons (Fsp3) is 0.565. The average Bonchev–Trinajstić information content (AvgIpc) is 2.95.